The highest BCUT2D eigenvalue weighted by Crippen LogP contribution is 2.29. The number of fused-ring (bicyclic) bond motifs is 1. The minimum atomic E-state index is -1.00. The first-order chi connectivity index (χ1) is 12.8. The number of methoxy groups -OCH3 is 1. The number of benzene rings is 1. The van der Waals surface area contributed by atoms with E-state index in [1.807, 2.05) is 56.5 Å². The Balaban J connectivity index is 1.76. The van der Waals surface area contributed by atoms with Gasteiger partial charge in [0.2, 0.25) is 5.91 Å². The molecule has 0 spiro atoms. The predicted molar refractivity (Wildman–Crippen MR) is 105 cm³/mol. The van der Waals surface area contributed by atoms with Gasteiger partial charge in [-0.2, -0.15) is 4.99 Å². The fourth-order valence-corrected chi connectivity index (χ4v) is 3.46. The number of nitrogens with zero attached hydrogens (tertiary/aromatic N) is 2. The Hall–Kier alpha value is -2.89. The molecule has 0 aromatic heterocycles. The number of allylic oxidation sites excluding steroid dienone is 2. The van der Waals surface area contributed by atoms with E-state index in [1.165, 1.54) is 0 Å². The molecule has 2 atom stereocenters. The van der Waals surface area contributed by atoms with Crippen LogP contribution >= 0.6 is 0 Å². The molecule has 0 fully saturated rings. The number of rotatable bonds is 5. The summed E-state index contributed by atoms with van der Waals surface area (Å²) in [6.45, 7) is 5.66. The van der Waals surface area contributed by atoms with Crippen molar-refractivity contribution in [3.8, 4) is 5.75 Å². The molecule has 0 unspecified atom stereocenters. The van der Waals surface area contributed by atoms with Gasteiger partial charge in [0, 0.05) is 12.2 Å². The lowest BCUT2D eigenvalue weighted by atomic mass is 9.90. The normalized spacial score (nSPS) is 22.5. The molecule has 0 aliphatic carbocycles. The Morgan fingerprint density at radius 1 is 1.41 bits per heavy atom. The van der Waals surface area contributed by atoms with Crippen LogP contribution in [0.5, 0.6) is 5.75 Å². The molecule has 2 amide bonds. The van der Waals surface area contributed by atoms with Crippen LogP contribution in [0.1, 0.15) is 32.8 Å². The van der Waals surface area contributed by atoms with E-state index in [9.17, 15) is 9.59 Å². The molecule has 6 nitrogen and oxygen atoms in total. The van der Waals surface area contributed by atoms with Crippen molar-refractivity contribution < 1.29 is 14.3 Å². The van der Waals surface area contributed by atoms with Gasteiger partial charge in [-0.1, -0.05) is 18.2 Å². The van der Waals surface area contributed by atoms with Crippen LogP contribution in [0.15, 0.2) is 53.2 Å². The summed E-state index contributed by atoms with van der Waals surface area (Å²) in [6.07, 6.45) is 6.24. The van der Waals surface area contributed by atoms with E-state index in [4.69, 9.17) is 4.74 Å². The lowest BCUT2D eigenvalue weighted by Crippen LogP contribution is -2.61. The second kappa shape index (κ2) is 7.39. The zero-order chi connectivity index (χ0) is 19.6. The number of para-hydroxylation sites is 1. The number of ether oxygens (including phenoxy) is 1. The molecule has 0 radical (unpaired) electrons. The first-order valence-electron chi connectivity index (χ1n) is 9.03. The molecule has 142 valence electrons. The summed E-state index contributed by atoms with van der Waals surface area (Å²) >= 11 is 0. The van der Waals surface area contributed by atoms with Gasteiger partial charge in [0.1, 0.15) is 17.1 Å². The molecule has 0 bridgehead atoms. The standard InChI is InChI=1S/C21H25N3O3/c1-14-9-10-24-18(11-14)23-19(25)13-21(24,3)20(26)22-15(2)12-16-7-5-6-8-17(16)27-4/h5-11,15H,12-13H2,1-4H3,(H,22,26)/t15-,21-/m0/s1. The van der Waals surface area contributed by atoms with E-state index in [1.54, 1.807) is 18.9 Å². The minimum absolute atomic E-state index is 0.0426. The summed E-state index contributed by atoms with van der Waals surface area (Å²) in [4.78, 5) is 31.1. The molecule has 6 heteroatoms. The molecule has 3 rings (SSSR count). The van der Waals surface area contributed by atoms with Crippen LogP contribution < -0.4 is 10.1 Å². The fourth-order valence-electron chi connectivity index (χ4n) is 3.46. The number of carbonyl (C=O) groups is 2. The summed E-state index contributed by atoms with van der Waals surface area (Å²) < 4.78 is 5.39. The first kappa shape index (κ1) is 18.9. The Morgan fingerprint density at radius 3 is 2.89 bits per heavy atom. The molecule has 1 N–H and O–H groups in total. The maximum Gasteiger partial charge on any atom is 0.250 e. The molecule has 2 aliphatic rings. The maximum absolute atomic E-state index is 13.1. The SMILES string of the molecule is COc1ccccc1C[C@H](C)NC(=O)[C@]1(C)CC(=O)N=C2C=C(C)C=CN21. The fraction of sp³-hybridized carbons (Fsp3) is 0.381. The quantitative estimate of drug-likeness (QED) is 0.868. The zero-order valence-corrected chi connectivity index (χ0v) is 16.2. The Kier molecular flexibility index (Phi) is 5.17. The number of carbonyl (C=O) groups excluding carboxylic acids is 2. The monoisotopic (exact) mass is 367 g/mol. The van der Waals surface area contributed by atoms with Gasteiger partial charge in [-0.05, 0) is 56.5 Å². The summed E-state index contributed by atoms with van der Waals surface area (Å²) in [5.41, 5.74) is 1.01. The summed E-state index contributed by atoms with van der Waals surface area (Å²) in [5.74, 6) is 0.840. The largest absolute Gasteiger partial charge is 0.496 e. The number of amidine groups is 1. The maximum atomic E-state index is 13.1. The van der Waals surface area contributed by atoms with Crippen molar-refractivity contribution in [3.63, 3.8) is 0 Å². The Morgan fingerprint density at radius 2 is 2.15 bits per heavy atom. The smallest absolute Gasteiger partial charge is 0.250 e. The summed E-state index contributed by atoms with van der Waals surface area (Å²) in [5, 5.41) is 3.06. The van der Waals surface area contributed by atoms with Crippen molar-refractivity contribution in [1.82, 2.24) is 10.2 Å². The van der Waals surface area contributed by atoms with E-state index < -0.39 is 5.54 Å². The lowest BCUT2D eigenvalue weighted by Gasteiger charge is -2.42. The number of hydrogen-bond acceptors (Lipinski definition) is 4. The Labute approximate surface area is 159 Å². The Bertz CT molecular complexity index is 856. The second-order valence-corrected chi connectivity index (χ2v) is 7.28. The van der Waals surface area contributed by atoms with E-state index in [2.05, 4.69) is 10.3 Å². The van der Waals surface area contributed by atoms with Gasteiger partial charge < -0.3 is 15.0 Å². The average molecular weight is 367 g/mol. The second-order valence-electron chi connectivity index (χ2n) is 7.28. The lowest BCUT2D eigenvalue weighted by molar-refractivity contribution is -0.135. The van der Waals surface area contributed by atoms with Crippen molar-refractivity contribution in [2.45, 2.75) is 45.2 Å². The highest BCUT2D eigenvalue weighted by molar-refractivity contribution is 6.09. The molecule has 2 heterocycles. The van der Waals surface area contributed by atoms with Gasteiger partial charge in [-0.3, -0.25) is 9.59 Å². The van der Waals surface area contributed by atoms with Crippen LogP contribution in [-0.2, 0) is 16.0 Å². The van der Waals surface area contributed by atoms with Gasteiger partial charge in [0.25, 0.3) is 5.91 Å². The van der Waals surface area contributed by atoms with Gasteiger partial charge in [-0.25, -0.2) is 0 Å². The van der Waals surface area contributed by atoms with Crippen LogP contribution in [0.3, 0.4) is 0 Å². The number of nitrogens with one attached hydrogen (secondary N) is 1. The van der Waals surface area contributed by atoms with Gasteiger partial charge in [0.05, 0.1) is 13.5 Å². The van der Waals surface area contributed by atoms with Crippen molar-refractivity contribution >= 4 is 17.6 Å². The predicted octanol–water partition coefficient (Wildman–Crippen LogP) is 2.61. The highest BCUT2D eigenvalue weighted by Gasteiger charge is 2.45. The highest BCUT2D eigenvalue weighted by atomic mass is 16.5. The molecule has 1 aromatic carbocycles. The average Bonchev–Trinajstić information content (AvgIpc) is 2.61. The molecule has 1 aromatic rings. The van der Waals surface area contributed by atoms with E-state index >= 15 is 0 Å². The third-order valence-electron chi connectivity index (χ3n) is 4.94. The minimum Gasteiger partial charge on any atom is -0.496 e. The number of amides is 2. The summed E-state index contributed by atoms with van der Waals surface area (Å²) in [6, 6.07) is 7.64. The molecular weight excluding hydrogens is 342 g/mol. The van der Waals surface area contributed by atoms with Crippen LogP contribution in [0.25, 0.3) is 0 Å². The van der Waals surface area contributed by atoms with Crippen LogP contribution in [0, 0.1) is 0 Å². The van der Waals surface area contributed by atoms with Gasteiger partial charge >= 0.3 is 0 Å². The zero-order valence-electron chi connectivity index (χ0n) is 16.2. The van der Waals surface area contributed by atoms with Crippen molar-refractivity contribution in [2.24, 2.45) is 4.99 Å². The molecule has 27 heavy (non-hydrogen) atoms. The van der Waals surface area contributed by atoms with Crippen molar-refractivity contribution in [1.29, 1.82) is 0 Å². The molecule has 0 saturated heterocycles. The van der Waals surface area contributed by atoms with Crippen molar-refractivity contribution in [3.05, 3.63) is 53.8 Å². The van der Waals surface area contributed by atoms with E-state index in [0.717, 1.165) is 16.9 Å². The number of aliphatic imine (C=N–C) groups is 1. The van der Waals surface area contributed by atoms with Crippen molar-refractivity contribution in [2.75, 3.05) is 7.11 Å². The number of hydrogen-bond donors (Lipinski definition) is 1. The van der Waals surface area contributed by atoms with Crippen LogP contribution in [0.2, 0.25) is 0 Å². The van der Waals surface area contributed by atoms with Crippen LogP contribution in [-0.4, -0.2) is 41.2 Å². The third-order valence-corrected chi connectivity index (χ3v) is 4.94. The molecule has 0 saturated carbocycles. The topological polar surface area (TPSA) is 71.0 Å². The van der Waals surface area contributed by atoms with Gasteiger partial charge in [0.15, 0.2) is 0 Å². The van der Waals surface area contributed by atoms with Gasteiger partial charge in [-0.15, -0.1) is 0 Å². The first-order valence-corrected chi connectivity index (χ1v) is 9.03. The van der Waals surface area contributed by atoms with E-state index in [-0.39, 0.29) is 24.3 Å². The molecular formula is C21H25N3O3. The third kappa shape index (κ3) is 3.79. The van der Waals surface area contributed by atoms with E-state index in [0.29, 0.717) is 12.3 Å². The molecule has 2 aliphatic heterocycles. The summed E-state index contributed by atoms with van der Waals surface area (Å²) in [7, 11) is 1.63. The van der Waals surface area contributed by atoms with Crippen LogP contribution in [0.4, 0.5) is 0 Å².